The zero-order valence-electron chi connectivity index (χ0n) is 11.3. The van der Waals surface area contributed by atoms with Gasteiger partial charge in [0.05, 0.1) is 12.1 Å². The maximum absolute atomic E-state index is 10.6. The normalized spacial score (nSPS) is 12.3. The molecule has 0 radical (unpaired) electrons. The first-order valence-corrected chi connectivity index (χ1v) is 6.50. The van der Waals surface area contributed by atoms with E-state index in [1.54, 1.807) is 25.3 Å². The summed E-state index contributed by atoms with van der Waals surface area (Å²) in [5, 5.41) is 11.1. The van der Waals surface area contributed by atoms with Gasteiger partial charge in [0.15, 0.2) is 0 Å². The van der Waals surface area contributed by atoms with Crippen molar-refractivity contribution >= 4 is 11.6 Å². The van der Waals surface area contributed by atoms with Crippen LogP contribution in [0, 0.1) is 13.8 Å². The van der Waals surface area contributed by atoms with Crippen LogP contribution in [-0.2, 0) is 0 Å². The lowest BCUT2D eigenvalue weighted by atomic mass is 9.93. The van der Waals surface area contributed by atoms with Gasteiger partial charge in [0.2, 0.25) is 0 Å². The maximum atomic E-state index is 10.6. The second-order valence-corrected chi connectivity index (χ2v) is 5.00. The van der Waals surface area contributed by atoms with E-state index >= 15 is 0 Å². The van der Waals surface area contributed by atoms with E-state index in [2.05, 4.69) is 0 Å². The molecule has 0 saturated heterocycles. The molecule has 1 atom stereocenters. The molecule has 2 aromatic carbocycles. The number of aliphatic hydroxyl groups is 1. The maximum Gasteiger partial charge on any atom is 0.120 e. The van der Waals surface area contributed by atoms with E-state index in [4.69, 9.17) is 16.3 Å². The summed E-state index contributed by atoms with van der Waals surface area (Å²) in [7, 11) is 1.59. The van der Waals surface area contributed by atoms with Gasteiger partial charge in [-0.3, -0.25) is 0 Å². The molecule has 0 aliphatic heterocycles. The molecule has 0 aromatic heterocycles. The molecule has 2 rings (SSSR count). The Hall–Kier alpha value is -1.51. The fourth-order valence-corrected chi connectivity index (χ4v) is 2.54. The molecule has 100 valence electrons. The Bertz CT molecular complexity index is 573. The van der Waals surface area contributed by atoms with E-state index in [1.807, 2.05) is 32.0 Å². The van der Waals surface area contributed by atoms with E-state index in [9.17, 15) is 5.11 Å². The zero-order chi connectivity index (χ0) is 14.0. The molecule has 0 bridgehead atoms. The van der Waals surface area contributed by atoms with Gasteiger partial charge < -0.3 is 9.84 Å². The monoisotopic (exact) mass is 276 g/mol. The lowest BCUT2D eigenvalue weighted by molar-refractivity contribution is 0.219. The highest BCUT2D eigenvalue weighted by molar-refractivity contribution is 6.31. The number of halogens is 1. The van der Waals surface area contributed by atoms with Gasteiger partial charge in [-0.2, -0.15) is 0 Å². The summed E-state index contributed by atoms with van der Waals surface area (Å²) in [5.74, 6) is 0.683. The van der Waals surface area contributed by atoms with Crippen molar-refractivity contribution in [3.05, 3.63) is 63.7 Å². The minimum absolute atomic E-state index is 0.509. The summed E-state index contributed by atoms with van der Waals surface area (Å²) in [6, 6.07) is 11.3. The van der Waals surface area contributed by atoms with Gasteiger partial charge in [-0.1, -0.05) is 35.9 Å². The third kappa shape index (κ3) is 2.75. The molecule has 1 N–H and O–H groups in total. The molecule has 3 heteroatoms. The topological polar surface area (TPSA) is 29.5 Å². The Kier molecular flexibility index (Phi) is 4.13. The van der Waals surface area contributed by atoms with Crippen LogP contribution in [0.15, 0.2) is 36.4 Å². The van der Waals surface area contributed by atoms with Gasteiger partial charge in [-0.25, -0.2) is 0 Å². The Morgan fingerprint density at radius 3 is 2.26 bits per heavy atom. The number of ether oxygens (including phenoxy) is 1. The molecular formula is C16H17ClO2. The van der Waals surface area contributed by atoms with Crippen molar-refractivity contribution in [1.82, 2.24) is 0 Å². The fourth-order valence-electron chi connectivity index (χ4n) is 2.27. The summed E-state index contributed by atoms with van der Waals surface area (Å²) in [6.45, 7) is 3.98. The van der Waals surface area contributed by atoms with Crippen LogP contribution in [0.1, 0.15) is 28.4 Å². The third-order valence-corrected chi connectivity index (χ3v) is 3.65. The standard InChI is InChI=1S/C16H17ClO2/c1-10-5-4-6-11(2)15(10)16(18)13-8-7-12(19-3)9-14(13)17/h4-9,16,18H,1-3H3. The van der Waals surface area contributed by atoms with E-state index in [1.165, 1.54) is 0 Å². The third-order valence-electron chi connectivity index (χ3n) is 3.32. The number of aryl methyl sites for hydroxylation is 2. The number of hydrogen-bond acceptors (Lipinski definition) is 2. The van der Waals surface area contributed by atoms with Gasteiger partial charge >= 0.3 is 0 Å². The number of aliphatic hydroxyl groups excluding tert-OH is 1. The van der Waals surface area contributed by atoms with Gasteiger partial charge in [0, 0.05) is 5.56 Å². The van der Waals surface area contributed by atoms with Crippen molar-refractivity contribution in [3.63, 3.8) is 0 Å². The van der Waals surface area contributed by atoms with Crippen LogP contribution < -0.4 is 4.74 Å². The van der Waals surface area contributed by atoms with Gasteiger partial charge in [0.1, 0.15) is 11.9 Å². The first kappa shape index (κ1) is 13.9. The van der Waals surface area contributed by atoms with Crippen molar-refractivity contribution in [2.75, 3.05) is 7.11 Å². The molecule has 0 fully saturated rings. The van der Waals surface area contributed by atoms with Crippen LogP contribution in [0.3, 0.4) is 0 Å². The summed E-state index contributed by atoms with van der Waals surface area (Å²) in [5.41, 5.74) is 3.72. The molecular weight excluding hydrogens is 260 g/mol. The van der Waals surface area contributed by atoms with Gasteiger partial charge in [-0.05, 0) is 42.7 Å². The lowest BCUT2D eigenvalue weighted by Gasteiger charge is -2.18. The Morgan fingerprint density at radius 1 is 1.11 bits per heavy atom. The molecule has 1 unspecified atom stereocenters. The minimum Gasteiger partial charge on any atom is -0.497 e. The van der Waals surface area contributed by atoms with Crippen LogP contribution in [-0.4, -0.2) is 12.2 Å². The average molecular weight is 277 g/mol. The molecule has 0 spiro atoms. The van der Waals surface area contributed by atoms with Gasteiger partial charge in [0.25, 0.3) is 0 Å². The SMILES string of the molecule is COc1ccc(C(O)c2c(C)cccc2C)c(Cl)c1. The van der Waals surface area contributed by atoms with E-state index < -0.39 is 6.10 Å². The van der Waals surface area contributed by atoms with Crippen LogP contribution >= 0.6 is 11.6 Å². The number of hydrogen-bond donors (Lipinski definition) is 1. The average Bonchev–Trinajstić information content (AvgIpc) is 2.38. The van der Waals surface area contributed by atoms with E-state index in [-0.39, 0.29) is 0 Å². The number of methoxy groups -OCH3 is 1. The quantitative estimate of drug-likeness (QED) is 0.916. The highest BCUT2D eigenvalue weighted by Crippen LogP contribution is 2.33. The molecule has 0 aliphatic carbocycles. The van der Waals surface area contributed by atoms with Crippen molar-refractivity contribution in [1.29, 1.82) is 0 Å². The largest absolute Gasteiger partial charge is 0.497 e. The molecule has 0 amide bonds. The van der Waals surface area contributed by atoms with Crippen molar-refractivity contribution in [2.24, 2.45) is 0 Å². The van der Waals surface area contributed by atoms with Crippen molar-refractivity contribution in [2.45, 2.75) is 20.0 Å². The van der Waals surface area contributed by atoms with Crippen LogP contribution in [0.4, 0.5) is 0 Å². The number of rotatable bonds is 3. The molecule has 0 heterocycles. The highest BCUT2D eigenvalue weighted by Gasteiger charge is 2.18. The van der Waals surface area contributed by atoms with Crippen molar-refractivity contribution in [3.8, 4) is 5.75 Å². The molecule has 19 heavy (non-hydrogen) atoms. The first-order chi connectivity index (χ1) is 9.04. The van der Waals surface area contributed by atoms with Crippen LogP contribution in [0.2, 0.25) is 5.02 Å². The first-order valence-electron chi connectivity index (χ1n) is 6.12. The lowest BCUT2D eigenvalue weighted by Crippen LogP contribution is -2.05. The van der Waals surface area contributed by atoms with Crippen molar-refractivity contribution < 1.29 is 9.84 Å². The number of benzene rings is 2. The minimum atomic E-state index is -0.723. The second-order valence-electron chi connectivity index (χ2n) is 4.60. The summed E-state index contributed by atoms with van der Waals surface area (Å²) in [6.07, 6.45) is -0.723. The fraction of sp³-hybridized carbons (Fsp3) is 0.250. The smallest absolute Gasteiger partial charge is 0.120 e. The molecule has 0 saturated carbocycles. The highest BCUT2D eigenvalue weighted by atomic mass is 35.5. The Labute approximate surface area is 118 Å². The van der Waals surface area contributed by atoms with Gasteiger partial charge in [-0.15, -0.1) is 0 Å². The summed E-state index contributed by atoms with van der Waals surface area (Å²) < 4.78 is 5.12. The van der Waals surface area contributed by atoms with Crippen LogP contribution in [0.25, 0.3) is 0 Å². The summed E-state index contributed by atoms with van der Waals surface area (Å²) >= 11 is 6.22. The van der Waals surface area contributed by atoms with Crippen LogP contribution in [0.5, 0.6) is 5.75 Å². The Balaban J connectivity index is 2.47. The van der Waals surface area contributed by atoms with E-state index in [0.29, 0.717) is 16.3 Å². The summed E-state index contributed by atoms with van der Waals surface area (Å²) in [4.78, 5) is 0. The zero-order valence-corrected chi connectivity index (χ0v) is 12.0. The Morgan fingerprint density at radius 2 is 1.74 bits per heavy atom. The predicted molar refractivity (Wildman–Crippen MR) is 78.0 cm³/mol. The molecule has 2 nitrogen and oxygen atoms in total. The van der Waals surface area contributed by atoms with E-state index in [0.717, 1.165) is 16.7 Å². The molecule has 2 aromatic rings. The predicted octanol–water partition coefficient (Wildman–Crippen LogP) is 4.05. The molecule has 0 aliphatic rings. The second kappa shape index (κ2) is 5.64.